The van der Waals surface area contributed by atoms with Crippen molar-refractivity contribution in [2.75, 3.05) is 4.90 Å². The van der Waals surface area contributed by atoms with Crippen molar-refractivity contribution < 1.29 is 9.85 Å². The lowest BCUT2D eigenvalue weighted by Gasteiger charge is -2.31. The minimum absolute atomic E-state index is 0.0801. The summed E-state index contributed by atoms with van der Waals surface area (Å²) in [5.74, 6) is 0. The Morgan fingerprint density at radius 2 is 1.60 bits per heavy atom. The molecule has 1 aliphatic heterocycles. The number of fused-ring (bicyclic) bond motifs is 1. The van der Waals surface area contributed by atoms with Gasteiger partial charge in [0, 0.05) is 35.8 Å². The topological polar surface area (TPSA) is 89.5 Å². The molecule has 0 N–H and O–H groups in total. The smallest absolute Gasteiger partial charge is 0.276 e. The first-order valence-corrected chi connectivity index (χ1v) is 8.00. The van der Waals surface area contributed by atoms with Crippen molar-refractivity contribution in [3.05, 3.63) is 73.8 Å². The molecule has 0 amide bonds. The summed E-state index contributed by atoms with van der Waals surface area (Å²) in [6.07, 6.45) is 0. The zero-order chi connectivity index (χ0) is 18.4. The van der Waals surface area contributed by atoms with E-state index in [4.69, 9.17) is 0 Å². The molecule has 0 aromatic heterocycles. The highest BCUT2D eigenvalue weighted by Crippen LogP contribution is 2.45. The molecule has 2 aromatic rings. The summed E-state index contributed by atoms with van der Waals surface area (Å²) >= 11 is 0. The van der Waals surface area contributed by atoms with Crippen molar-refractivity contribution in [3.63, 3.8) is 0 Å². The quantitative estimate of drug-likeness (QED) is 0.614. The second-order valence-corrected chi connectivity index (χ2v) is 6.91. The molecule has 0 radical (unpaired) electrons. The van der Waals surface area contributed by atoms with Gasteiger partial charge in [-0.1, -0.05) is 32.0 Å². The SMILES string of the molecule is CC1N(Cc2cc([N+](=O)[O-])cc([N+](=O)[O-])c2)c2ccccc2C1(C)C. The molecule has 7 heteroatoms. The fourth-order valence-corrected chi connectivity index (χ4v) is 3.47. The number of hydrogen-bond donors (Lipinski definition) is 0. The highest BCUT2D eigenvalue weighted by Gasteiger charge is 2.41. The summed E-state index contributed by atoms with van der Waals surface area (Å²) in [4.78, 5) is 23.2. The van der Waals surface area contributed by atoms with Gasteiger partial charge in [0.25, 0.3) is 11.4 Å². The van der Waals surface area contributed by atoms with Crippen LogP contribution in [0.3, 0.4) is 0 Å². The zero-order valence-corrected chi connectivity index (χ0v) is 14.3. The lowest BCUT2D eigenvalue weighted by Crippen LogP contribution is -2.38. The molecule has 0 saturated carbocycles. The van der Waals surface area contributed by atoms with Crippen LogP contribution in [-0.2, 0) is 12.0 Å². The van der Waals surface area contributed by atoms with Crippen LogP contribution in [0.2, 0.25) is 0 Å². The first kappa shape index (κ1) is 16.9. The number of para-hydroxylation sites is 1. The van der Waals surface area contributed by atoms with Gasteiger partial charge in [-0.05, 0) is 24.1 Å². The van der Waals surface area contributed by atoms with Gasteiger partial charge in [0.1, 0.15) is 0 Å². The molecule has 0 spiro atoms. The number of rotatable bonds is 4. The van der Waals surface area contributed by atoms with Gasteiger partial charge in [-0.15, -0.1) is 0 Å². The second kappa shape index (κ2) is 5.84. The summed E-state index contributed by atoms with van der Waals surface area (Å²) in [5.41, 5.74) is 2.23. The summed E-state index contributed by atoms with van der Waals surface area (Å²) in [6.45, 7) is 6.80. The fraction of sp³-hybridized carbons (Fsp3) is 0.333. The van der Waals surface area contributed by atoms with E-state index in [1.54, 1.807) is 0 Å². The lowest BCUT2D eigenvalue weighted by atomic mass is 9.81. The van der Waals surface area contributed by atoms with E-state index in [1.807, 2.05) is 18.2 Å². The number of nitro groups is 2. The number of anilines is 1. The maximum atomic E-state index is 11.1. The Bertz CT molecular complexity index is 831. The molecule has 1 unspecified atom stereocenters. The molecule has 25 heavy (non-hydrogen) atoms. The van der Waals surface area contributed by atoms with Gasteiger partial charge in [0.2, 0.25) is 0 Å². The van der Waals surface area contributed by atoms with E-state index < -0.39 is 9.85 Å². The minimum atomic E-state index is -0.595. The summed E-state index contributed by atoms with van der Waals surface area (Å²) < 4.78 is 0. The average molecular weight is 341 g/mol. The van der Waals surface area contributed by atoms with Gasteiger partial charge in [-0.2, -0.15) is 0 Å². The van der Waals surface area contributed by atoms with Crippen LogP contribution in [0.4, 0.5) is 17.1 Å². The maximum absolute atomic E-state index is 11.1. The van der Waals surface area contributed by atoms with Crippen LogP contribution in [0.5, 0.6) is 0 Å². The van der Waals surface area contributed by atoms with E-state index in [-0.39, 0.29) is 22.8 Å². The van der Waals surface area contributed by atoms with Gasteiger partial charge in [-0.25, -0.2) is 0 Å². The molecule has 0 bridgehead atoms. The van der Waals surface area contributed by atoms with Crippen molar-refractivity contribution in [1.82, 2.24) is 0 Å². The first-order valence-electron chi connectivity index (χ1n) is 8.00. The van der Waals surface area contributed by atoms with Crippen molar-refractivity contribution in [2.45, 2.75) is 38.8 Å². The molecular formula is C18H19N3O4. The van der Waals surface area contributed by atoms with E-state index >= 15 is 0 Å². The van der Waals surface area contributed by atoms with E-state index in [0.29, 0.717) is 12.1 Å². The zero-order valence-electron chi connectivity index (χ0n) is 14.3. The van der Waals surface area contributed by atoms with Crippen LogP contribution >= 0.6 is 0 Å². The van der Waals surface area contributed by atoms with Gasteiger partial charge in [0.05, 0.1) is 15.9 Å². The summed E-state index contributed by atoms with van der Waals surface area (Å²) in [7, 11) is 0. The number of nitro benzene ring substituents is 2. The second-order valence-electron chi connectivity index (χ2n) is 6.91. The summed E-state index contributed by atoms with van der Waals surface area (Å²) in [5, 5.41) is 22.2. The van der Waals surface area contributed by atoms with Crippen LogP contribution in [0.1, 0.15) is 31.9 Å². The van der Waals surface area contributed by atoms with Crippen LogP contribution in [0.15, 0.2) is 42.5 Å². The molecule has 3 rings (SSSR count). The van der Waals surface area contributed by atoms with Crippen molar-refractivity contribution in [2.24, 2.45) is 0 Å². The molecule has 0 fully saturated rings. The van der Waals surface area contributed by atoms with E-state index in [2.05, 4.69) is 31.7 Å². The monoisotopic (exact) mass is 341 g/mol. The van der Waals surface area contributed by atoms with Gasteiger partial charge >= 0.3 is 0 Å². The van der Waals surface area contributed by atoms with Crippen LogP contribution < -0.4 is 4.90 Å². The fourth-order valence-electron chi connectivity index (χ4n) is 3.47. The minimum Gasteiger partial charge on any atom is -0.363 e. The van der Waals surface area contributed by atoms with E-state index in [1.165, 1.54) is 17.7 Å². The predicted octanol–water partition coefficient (Wildman–Crippen LogP) is 4.19. The Balaban J connectivity index is 2.03. The van der Waals surface area contributed by atoms with Crippen molar-refractivity contribution in [1.29, 1.82) is 0 Å². The van der Waals surface area contributed by atoms with Gasteiger partial charge < -0.3 is 4.90 Å². The number of hydrogen-bond acceptors (Lipinski definition) is 5. The van der Waals surface area contributed by atoms with Gasteiger partial charge in [-0.3, -0.25) is 20.2 Å². The Morgan fingerprint density at radius 1 is 1.04 bits per heavy atom. The number of non-ortho nitro benzene ring substituents is 2. The molecule has 7 nitrogen and oxygen atoms in total. The summed E-state index contributed by atoms with van der Waals surface area (Å²) in [6, 6.07) is 12.0. The van der Waals surface area contributed by atoms with Crippen molar-refractivity contribution in [3.8, 4) is 0 Å². The highest BCUT2D eigenvalue weighted by molar-refractivity contribution is 5.64. The Labute approximate surface area is 145 Å². The van der Waals surface area contributed by atoms with E-state index in [9.17, 15) is 20.2 Å². The first-order chi connectivity index (χ1) is 11.7. The van der Waals surface area contributed by atoms with Gasteiger partial charge in [0.15, 0.2) is 0 Å². The third-order valence-corrected chi connectivity index (χ3v) is 5.16. The molecule has 2 aromatic carbocycles. The standard InChI is InChI=1S/C18H19N3O4/c1-12-18(2,3)16-6-4-5-7-17(16)19(12)11-13-8-14(20(22)23)10-15(9-13)21(24)25/h4-10,12H,11H2,1-3H3. The van der Waals surface area contributed by atoms with Crippen LogP contribution in [-0.4, -0.2) is 15.9 Å². The largest absolute Gasteiger partial charge is 0.363 e. The molecular weight excluding hydrogens is 322 g/mol. The van der Waals surface area contributed by atoms with Crippen molar-refractivity contribution >= 4 is 17.1 Å². The number of benzene rings is 2. The predicted molar refractivity (Wildman–Crippen MR) is 94.9 cm³/mol. The lowest BCUT2D eigenvalue weighted by molar-refractivity contribution is -0.394. The molecule has 1 atom stereocenters. The average Bonchev–Trinajstić information content (AvgIpc) is 2.76. The molecule has 0 aliphatic carbocycles. The normalized spacial score (nSPS) is 18.0. The highest BCUT2D eigenvalue weighted by atomic mass is 16.6. The third-order valence-electron chi connectivity index (χ3n) is 5.16. The molecule has 0 saturated heterocycles. The maximum Gasteiger partial charge on any atom is 0.276 e. The Morgan fingerprint density at radius 3 is 2.16 bits per heavy atom. The van der Waals surface area contributed by atoms with E-state index in [0.717, 1.165) is 11.8 Å². The molecule has 1 aliphatic rings. The third kappa shape index (κ3) is 2.82. The Hall–Kier alpha value is -2.96. The van der Waals surface area contributed by atoms with Crippen LogP contribution in [0, 0.1) is 20.2 Å². The Kier molecular flexibility index (Phi) is 3.94. The van der Waals surface area contributed by atoms with Crippen LogP contribution in [0.25, 0.3) is 0 Å². The molecule has 130 valence electrons. The molecule has 1 heterocycles. The number of nitrogens with zero attached hydrogens (tertiary/aromatic N) is 3.